The Morgan fingerprint density at radius 1 is 1.33 bits per heavy atom. The van der Waals surface area contributed by atoms with Gasteiger partial charge in [-0.2, -0.15) is 17.4 Å². The Balaban J connectivity index is 2.52. The lowest BCUT2D eigenvalue weighted by atomic mass is 9.99. The van der Waals surface area contributed by atoms with Crippen LogP contribution in [0.15, 0.2) is 0 Å². The molecular weight excluding hydrogens is 294 g/mol. The first-order valence-corrected chi connectivity index (χ1v) is 8.96. The molecule has 0 aromatic carbocycles. The average Bonchev–Trinajstić information content (AvgIpc) is 2.44. The van der Waals surface area contributed by atoms with E-state index in [-0.39, 0.29) is 19.1 Å². The van der Waals surface area contributed by atoms with Crippen LogP contribution in [0.5, 0.6) is 0 Å². The van der Waals surface area contributed by atoms with Crippen LogP contribution in [0.1, 0.15) is 33.6 Å². The van der Waals surface area contributed by atoms with Crippen molar-refractivity contribution in [3.63, 3.8) is 0 Å². The van der Waals surface area contributed by atoms with Gasteiger partial charge < -0.3 is 10.0 Å². The maximum atomic E-state index is 12.3. The second-order valence-electron chi connectivity index (χ2n) is 5.52. The maximum Gasteiger partial charge on any atom is 0.306 e. The minimum absolute atomic E-state index is 0.174. The van der Waals surface area contributed by atoms with E-state index in [0.29, 0.717) is 19.4 Å². The molecule has 2 N–H and O–H groups in total. The Morgan fingerprint density at radius 2 is 1.86 bits per heavy atom. The number of aliphatic carboxylic acids is 1. The molecule has 0 aromatic rings. The Hall–Kier alpha value is -0.700. The molecule has 1 aliphatic rings. The molecule has 1 atom stereocenters. The average molecular weight is 321 g/mol. The van der Waals surface area contributed by atoms with Crippen molar-refractivity contribution in [2.75, 3.05) is 32.7 Å². The van der Waals surface area contributed by atoms with Gasteiger partial charge in [0.15, 0.2) is 0 Å². The summed E-state index contributed by atoms with van der Waals surface area (Å²) in [7, 11) is -3.53. The molecule has 21 heavy (non-hydrogen) atoms. The molecule has 124 valence electrons. The summed E-state index contributed by atoms with van der Waals surface area (Å²) in [6.07, 6.45) is 0.751. The summed E-state index contributed by atoms with van der Waals surface area (Å²) in [5.41, 5.74) is 0. The van der Waals surface area contributed by atoms with E-state index in [9.17, 15) is 13.2 Å². The van der Waals surface area contributed by atoms with E-state index in [4.69, 9.17) is 5.11 Å². The molecule has 1 saturated heterocycles. The molecule has 1 fully saturated rings. The van der Waals surface area contributed by atoms with Gasteiger partial charge in [-0.05, 0) is 32.9 Å². The molecule has 0 bridgehead atoms. The van der Waals surface area contributed by atoms with Crippen molar-refractivity contribution in [1.29, 1.82) is 0 Å². The first-order valence-electron chi connectivity index (χ1n) is 7.52. The smallest absolute Gasteiger partial charge is 0.306 e. The van der Waals surface area contributed by atoms with Crippen molar-refractivity contribution >= 4 is 16.2 Å². The standard InChI is InChI=1S/C13H27N3O4S/c1-4-15(5-2)10-11(3)14-21(19,20)16-8-6-12(7-9-16)13(17)18/h11-12,14H,4-10H2,1-3H3,(H,17,18). The molecule has 1 rings (SSSR count). The van der Waals surface area contributed by atoms with E-state index < -0.39 is 22.1 Å². The van der Waals surface area contributed by atoms with Crippen LogP contribution in [0, 0.1) is 5.92 Å². The zero-order chi connectivity index (χ0) is 16.0. The third-order valence-corrected chi connectivity index (χ3v) is 5.66. The highest BCUT2D eigenvalue weighted by atomic mass is 32.2. The molecule has 1 unspecified atom stereocenters. The minimum atomic E-state index is -3.53. The van der Waals surface area contributed by atoms with Gasteiger partial charge in [-0.3, -0.25) is 4.79 Å². The van der Waals surface area contributed by atoms with Gasteiger partial charge >= 0.3 is 5.97 Å². The van der Waals surface area contributed by atoms with Gasteiger partial charge in [-0.1, -0.05) is 13.8 Å². The topological polar surface area (TPSA) is 90.0 Å². The second kappa shape index (κ2) is 8.07. The minimum Gasteiger partial charge on any atom is -0.481 e. The Bertz CT molecular complexity index is 429. The third kappa shape index (κ3) is 5.54. The summed E-state index contributed by atoms with van der Waals surface area (Å²) in [6.45, 7) is 8.90. The van der Waals surface area contributed by atoms with Gasteiger partial charge in [-0.25, -0.2) is 0 Å². The number of hydrogen-bond donors (Lipinski definition) is 2. The van der Waals surface area contributed by atoms with Gasteiger partial charge in [-0.15, -0.1) is 0 Å². The molecule has 0 aromatic heterocycles. The number of hydrogen-bond acceptors (Lipinski definition) is 4. The van der Waals surface area contributed by atoms with Crippen molar-refractivity contribution in [3.8, 4) is 0 Å². The first kappa shape index (κ1) is 18.3. The van der Waals surface area contributed by atoms with Gasteiger partial charge in [0.1, 0.15) is 0 Å². The zero-order valence-electron chi connectivity index (χ0n) is 13.1. The van der Waals surface area contributed by atoms with E-state index in [1.165, 1.54) is 4.31 Å². The van der Waals surface area contributed by atoms with Crippen LogP contribution in [-0.4, -0.2) is 67.5 Å². The summed E-state index contributed by atoms with van der Waals surface area (Å²) in [5.74, 6) is -1.26. The number of carboxylic acids is 1. The van der Waals surface area contributed by atoms with Crippen molar-refractivity contribution in [2.45, 2.75) is 39.7 Å². The quantitative estimate of drug-likeness (QED) is 0.673. The number of carboxylic acid groups (broad SMARTS) is 1. The lowest BCUT2D eigenvalue weighted by Gasteiger charge is -2.31. The lowest BCUT2D eigenvalue weighted by Crippen LogP contribution is -2.50. The number of rotatable bonds is 8. The predicted molar refractivity (Wildman–Crippen MR) is 81.2 cm³/mol. The van der Waals surface area contributed by atoms with E-state index in [2.05, 4.69) is 9.62 Å². The van der Waals surface area contributed by atoms with E-state index >= 15 is 0 Å². The molecule has 7 nitrogen and oxygen atoms in total. The number of likely N-dealkylation sites (N-methyl/N-ethyl adjacent to an activating group) is 1. The summed E-state index contributed by atoms with van der Waals surface area (Å²) < 4.78 is 28.6. The van der Waals surface area contributed by atoms with E-state index in [1.54, 1.807) is 0 Å². The summed E-state index contributed by atoms with van der Waals surface area (Å²) >= 11 is 0. The Labute approximate surface area is 127 Å². The van der Waals surface area contributed by atoms with Crippen LogP contribution in [0.4, 0.5) is 0 Å². The number of nitrogens with one attached hydrogen (secondary N) is 1. The normalized spacial score (nSPS) is 19.8. The zero-order valence-corrected chi connectivity index (χ0v) is 13.9. The monoisotopic (exact) mass is 321 g/mol. The van der Waals surface area contributed by atoms with Crippen molar-refractivity contribution in [2.24, 2.45) is 5.92 Å². The van der Waals surface area contributed by atoms with E-state index in [1.807, 2.05) is 20.8 Å². The van der Waals surface area contributed by atoms with Crippen LogP contribution < -0.4 is 4.72 Å². The summed E-state index contributed by atoms with van der Waals surface area (Å²) in [5, 5.41) is 8.94. The van der Waals surface area contributed by atoms with Crippen molar-refractivity contribution in [3.05, 3.63) is 0 Å². The number of carbonyl (C=O) groups is 1. The van der Waals surface area contributed by atoms with Gasteiger partial charge in [0.2, 0.25) is 0 Å². The molecule has 1 aliphatic heterocycles. The highest BCUT2D eigenvalue weighted by molar-refractivity contribution is 7.87. The fourth-order valence-electron chi connectivity index (χ4n) is 2.58. The second-order valence-corrected chi connectivity index (χ2v) is 7.22. The van der Waals surface area contributed by atoms with Crippen LogP contribution in [0.25, 0.3) is 0 Å². The summed E-state index contributed by atoms with van der Waals surface area (Å²) in [6, 6.07) is -0.174. The Kier molecular flexibility index (Phi) is 7.05. The molecule has 8 heteroatoms. The molecule has 0 spiro atoms. The molecule has 0 amide bonds. The van der Waals surface area contributed by atoms with E-state index in [0.717, 1.165) is 13.1 Å². The lowest BCUT2D eigenvalue weighted by molar-refractivity contribution is -0.142. The SMILES string of the molecule is CCN(CC)CC(C)NS(=O)(=O)N1CCC(C(=O)O)CC1. The van der Waals surface area contributed by atoms with Crippen molar-refractivity contribution in [1.82, 2.24) is 13.9 Å². The number of piperidine rings is 1. The molecule has 0 saturated carbocycles. The molecule has 0 radical (unpaired) electrons. The highest BCUT2D eigenvalue weighted by Crippen LogP contribution is 2.19. The van der Waals surface area contributed by atoms with Crippen LogP contribution >= 0.6 is 0 Å². The van der Waals surface area contributed by atoms with Crippen molar-refractivity contribution < 1.29 is 18.3 Å². The highest BCUT2D eigenvalue weighted by Gasteiger charge is 2.31. The number of nitrogens with zero attached hydrogens (tertiary/aromatic N) is 2. The van der Waals surface area contributed by atoms with Gasteiger partial charge in [0, 0.05) is 25.7 Å². The molecular formula is C13H27N3O4S. The molecule has 1 heterocycles. The largest absolute Gasteiger partial charge is 0.481 e. The summed E-state index contributed by atoms with van der Waals surface area (Å²) in [4.78, 5) is 13.0. The third-order valence-electron chi connectivity index (χ3n) is 3.92. The molecule has 0 aliphatic carbocycles. The van der Waals surface area contributed by atoms with Gasteiger partial charge in [0.05, 0.1) is 5.92 Å². The fraction of sp³-hybridized carbons (Fsp3) is 0.923. The first-order chi connectivity index (χ1) is 9.80. The fourth-order valence-corrected chi connectivity index (χ4v) is 4.00. The predicted octanol–water partition coefficient (Wildman–Crippen LogP) is 0.348. The van der Waals surface area contributed by atoms with Crippen LogP contribution in [-0.2, 0) is 15.0 Å². The van der Waals surface area contributed by atoms with Crippen LogP contribution in [0.3, 0.4) is 0 Å². The van der Waals surface area contributed by atoms with Crippen LogP contribution in [0.2, 0.25) is 0 Å². The van der Waals surface area contributed by atoms with Gasteiger partial charge in [0.25, 0.3) is 10.2 Å². The Morgan fingerprint density at radius 3 is 2.29 bits per heavy atom. The maximum absolute atomic E-state index is 12.3.